The van der Waals surface area contributed by atoms with E-state index < -0.39 is 0 Å². The Balaban J connectivity index is 1.57. The van der Waals surface area contributed by atoms with Crippen molar-refractivity contribution in [1.29, 1.82) is 0 Å². The van der Waals surface area contributed by atoms with Crippen LogP contribution in [0.3, 0.4) is 0 Å². The average molecular weight is 326 g/mol. The van der Waals surface area contributed by atoms with Gasteiger partial charge in [0.2, 0.25) is 0 Å². The van der Waals surface area contributed by atoms with E-state index in [-0.39, 0.29) is 0 Å². The molecule has 0 aliphatic carbocycles. The van der Waals surface area contributed by atoms with Gasteiger partial charge in [0.25, 0.3) is 0 Å². The van der Waals surface area contributed by atoms with E-state index in [1.54, 1.807) is 11.3 Å². The molecular weight excluding hydrogens is 304 g/mol. The van der Waals surface area contributed by atoms with Crippen molar-refractivity contribution in [2.24, 2.45) is 5.16 Å². The van der Waals surface area contributed by atoms with E-state index in [0.29, 0.717) is 6.04 Å². The summed E-state index contributed by atoms with van der Waals surface area (Å²) in [7, 11) is 0. The second kappa shape index (κ2) is 6.46. The lowest BCUT2D eigenvalue weighted by molar-refractivity contribution is 0.150. The van der Waals surface area contributed by atoms with Gasteiger partial charge in [-0.1, -0.05) is 35.8 Å². The van der Waals surface area contributed by atoms with Crippen LogP contribution in [0.15, 0.2) is 40.9 Å². The number of thiophene rings is 1. The Bertz CT molecular complexity index is 692. The van der Waals surface area contributed by atoms with E-state index in [1.807, 2.05) is 11.4 Å². The Kier molecular flexibility index (Phi) is 4.19. The fraction of sp³-hybridized carbons (Fsp3) is 0.421. The van der Waals surface area contributed by atoms with Crippen molar-refractivity contribution in [3.8, 4) is 10.4 Å². The summed E-state index contributed by atoms with van der Waals surface area (Å²) in [4.78, 5) is 3.89. The normalized spacial score (nSPS) is 25.0. The molecule has 0 saturated carbocycles. The summed E-state index contributed by atoms with van der Waals surface area (Å²) in [6.07, 6.45) is 8.30. The average Bonchev–Trinajstić information content (AvgIpc) is 3.22. The zero-order valence-corrected chi connectivity index (χ0v) is 14.0. The predicted molar refractivity (Wildman–Crippen MR) is 95.5 cm³/mol. The number of fused-ring (bicyclic) bond motifs is 1. The van der Waals surface area contributed by atoms with Crippen molar-refractivity contribution in [2.45, 2.75) is 44.2 Å². The van der Waals surface area contributed by atoms with Crippen LogP contribution in [0.5, 0.6) is 0 Å². The van der Waals surface area contributed by atoms with Gasteiger partial charge in [-0.15, -0.1) is 11.3 Å². The lowest BCUT2D eigenvalue weighted by Crippen LogP contribution is -2.35. The highest BCUT2D eigenvalue weighted by atomic mass is 32.1. The molecule has 1 N–H and O–H groups in total. The molecule has 3 heterocycles. The maximum absolute atomic E-state index is 8.78. The molecule has 120 valence electrons. The molecule has 0 unspecified atom stereocenters. The fourth-order valence-corrected chi connectivity index (χ4v) is 5.07. The van der Waals surface area contributed by atoms with Gasteiger partial charge in [0.1, 0.15) is 0 Å². The Labute approximate surface area is 141 Å². The van der Waals surface area contributed by atoms with E-state index in [0.717, 1.165) is 16.5 Å². The number of benzene rings is 1. The molecule has 23 heavy (non-hydrogen) atoms. The number of hydrogen-bond acceptors (Lipinski definition) is 4. The molecule has 3 nitrogen and oxygen atoms in total. The lowest BCUT2D eigenvalue weighted by Gasteiger charge is -2.34. The molecule has 0 spiro atoms. The quantitative estimate of drug-likeness (QED) is 0.494. The molecule has 4 heteroatoms. The van der Waals surface area contributed by atoms with Crippen LogP contribution in [0.4, 0.5) is 0 Å². The van der Waals surface area contributed by atoms with Gasteiger partial charge in [-0.3, -0.25) is 4.90 Å². The van der Waals surface area contributed by atoms with Crippen LogP contribution < -0.4 is 0 Å². The summed E-state index contributed by atoms with van der Waals surface area (Å²) in [5.41, 5.74) is 3.63. The first-order valence-corrected chi connectivity index (χ1v) is 9.36. The maximum Gasteiger partial charge on any atom is 0.0748 e. The van der Waals surface area contributed by atoms with Crippen molar-refractivity contribution in [3.63, 3.8) is 0 Å². The number of oxime groups is 1. The molecule has 2 aromatic rings. The molecule has 4 rings (SSSR count). The van der Waals surface area contributed by atoms with Gasteiger partial charge in [-0.25, -0.2) is 0 Å². The Morgan fingerprint density at radius 1 is 1.09 bits per heavy atom. The minimum atomic E-state index is 0.608. The van der Waals surface area contributed by atoms with Crippen LogP contribution in [0, 0.1) is 0 Å². The highest BCUT2D eigenvalue weighted by Gasteiger charge is 2.35. The summed E-state index contributed by atoms with van der Waals surface area (Å²) in [6.45, 7) is 1.26. The first-order chi connectivity index (χ1) is 11.4. The summed E-state index contributed by atoms with van der Waals surface area (Å²) < 4.78 is 0. The third-order valence-electron chi connectivity index (χ3n) is 5.30. The van der Waals surface area contributed by atoms with Crippen molar-refractivity contribution < 1.29 is 5.21 Å². The summed E-state index contributed by atoms with van der Waals surface area (Å²) in [6, 6.07) is 12.4. The van der Waals surface area contributed by atoms with Crippen LogP contribution in [-0.4, -0.2) is 28.9 Å². The van der Waals surface area contributed by atoms with Gasteiger partial charge in [-0.2, -0.15) is 0 Å². The van der Waals surface area contributed by atoms with Gasteiger partial charge < -0.3 is 5.21 Å². The molecule has 1 aromatic carbocycles. The van der Waals surface area contributed by atoms with Crippen LogP contribution in [0.1, 0.15) is 49.3 Å². The van der Waals surface area contributed by atoms with E-state index >= 15 is 0 Å². The lowest BCUT2D eigenvalue weighted by atomic mass is 10.0. The molecular formula is C19H22N2OS. The van der Waals surface area contributed by atoms with Crippen LogP contribution in [-0.2, 0) is 0 Å². The number of hydrogen-bond donors (Lipinski definition) is 1. The first-order valence-electron chi connectivity index (χ1n) is 8.48. The van der Waals surface area contributed by atoms with E-state index in [4.69, 9.17) is 5.21 Å². The van der Waals surface area contributed by atoms with E-state index in [2.05, 4.69) is 34.3 Å². The molecule has 1 aromatic heterocycles. The Morgan fingerprint density at radius 2 is 1.96 bits per heavy atom. The van der Waals surface area contributed by atoms with Crippen molar-refractivity contribution in [3.05, 3.63) is 46.8 Å². The predicted octanol–water partition coefficient (Wildman–Crippen LogP) is 4.91. The molecule has 0 amide bonds. The Hall–Kier alpha value is -1.65. The minimum Gasteiger partial charge on any atom is -0.411 e. The Morgan fingerprint density at radius 3 is 2.78 bits per heavy atom. The van der Waals surface area contributed by atoms with Gasteiger partial charge in [0.15, 0.2) is 0 Å². The summed E-state index contributed by atoms with van der Waals surface area (Å²) in [5, 5.41) is 14.0. The molecule has 2 aliphatic rings. The van der Waals surface area contributed by atoms with Gasteiger partial charge in [0.05, 0.1) is 6.21 Å². The summed E-state index contributed by atoms with van der Waals surface area (Å²) >= 11 is 1.69. The monoisotopic (exact) mass is 326 g/mol. The van der Waals surface area contributed by atoms with Crippen molar-refractivity contribution in [2.75, 3.05) is 6.54 Å². The zero-order valence-electron chi connectivity index (χ0n) is 13.2. The third-order valence-corrected chi connectivity index (χ3v) is 6.28. The van der Waals surface area contributed by atoms with Gasteiger partial charge in [-0.05, 0) is 54.8 Å². The third kappa shape index (κ3) is 2.81. The highest BCUT2D eigenvalue weighted by molar-refractivity contribution is 7.14. The van der Waals surface area contributed by atoms with Crippen LogP contribution in [0.2, 0.25) is 0 Å². The number of nitrogens with zero attached hydrogens (tertiary/aromatic N) is 2. The maximum atomic E-state index is 8.78. The molecule has 0 radical (unpaired) electrons. The SMILES string of the molecule is ON=Cc1ccsc1-c1ccc([C@H]2CC[C@H]3CCCCN32)cc1. The second-order valence-electron chi connectivity index (χ2n) is 6.55. The highest BCUT2D eigenvalue weighted by Crippen LogP contribution is 2.41. The molecule has 0 bridgehead atoms. The largest absolute Gasteiger partial charge is 0.411 e. The molecule has 2 saturated heterocycles. The molecule has 2 aliphatic heterocycles. The zero-order chi connectivity index (χ0) is 15.6. The van der Waals surface area contributed by atoms with Crippen molar-refractivity contribution >= 4 is 17.6 Å². The first kappa shape index (κ1) is 14.9. The standard InChI is InChI=1S/C19H22N2OS/c22-20-13-16-10-12-23-19(16)15-6-4-14(5-7-15)18-9-8-17-3-1-2-11-21(17)18/h4-7,10,12-13,17-18,22H,1-3,8-9,11H2/t17-,18-/m1/s1. The van der Waals surface area contributed by atoms with Crippen LogP contribution >= 0.6 is 11.3 Å². The fourth-order valence-electron chi connectivity index (χ4n) is 4.19. The van der Waals surface area contributed by atoms with Gasteiger partial charge >= 0.3 is 0 Å². The van der Waals surface area contributed by atoms with E-state index in [9.17, 15) is 0 Å². The van der Waals surface area contributed by atoms with Crippen molar-refractivity contribution in [1.82, 2.24) is 4.90 Å². The summed E-state index contributed by atoms with van der Waals surface area (Å²) in [5.74, 6) is 0. The minimum absolute atomic E-state index is 0.608. The smallest absolute Gasteiger partial charge is 0.0748 e. The number of rotatable bonds is 3. The second-order valence-corrected chi connectivity index (χ2v) is 7.47. The van der Waals surface area contributed by atoms with Gasteiger partial charge in [0, 0.05) is 22.5 Å². The topological polar surface area (TPSA) is 35.8 Å². The van der Waals surface area contributed by atoms with Crippen LogP contribution in [0.25, 0.3) is 10.4 Å². The molecule has 2 atom stereocenters. The number of piperidine rings is 1. The van der Waals surface area contributed by atoms with E-state index in [1.165, 1.54) is 56.0 Å². The molecule has 2 fully saturated rings.